The van der Waals surface area contributed by atoms with Crippen LogP contribution in [0.2, 0.25) is 0 Å². The number of non-ortho nitro benzene ring substituents is 1. The fourth-order valence-corrected chi connectivity index (χ4v) is 5.05. The van der Waals surface area contributed by atoms with E-state index in [4.69, 9.17) is 0 Å². The molecule has 9 heteroatoms. The van der Waals surface area contributed by atoms with Crippen LogP contribution in [-0.4, -0.2) is 38.6 Å². The maximum atomic E-state index is 11.4. The summed E-state index contributed by atoms with van der Waals surface area (Å²) < 4.78 is 1.70. The fraction of sp³-hybridized carbons (Fsp3) is 0.375. The molecule has 0 amide bonds. The van der Waals surface area contributed by atoms with Crippen LogP contribution >= 0.6 is 11.8 Å². The molecule has 1 aromatic heterocycles. The second kappa shape index (κ2) is 10.6. The number of anilines is 1. The van der Waals surface area contributed by atoms with Gasteiger partial charge in [-0.25, -0.2) is 0 Å². The van der Waals surface area contributed by atoms with E-state index in [9.17, 15) is 10.1 Å². The highest BCUT2D eigenvalue weighted by Gasteiger charge is 2.24. The molecule has 0 spiro atoms. The lowest BCUT2D eigenvalue weighted by molar-refractivity contribution is -0.384. The van der Waals surface area contributed by atoms with E-state index in [1.54, 1.807) is 34.8 Å². The summed E-state index contributed by atoms with van der Waals surface area (Å²) in [5, 5.41) is 25.2. The molecule has 1 fully saturated rings. The molecule has 3 aromatic rings. The van der Waals surface area contributed by atoms with E-state index in [1.165, 1.54) is 12.0 Å². The predicted molar refractivity (Wildman–Crippen MR) is 132 cm³/mol. The fourth-order valence-electron chi connectivity index (χ4n) is 4.17. The van der Waals surface area contributed by atoms with E-state index in [-0.39, 0.29) is 10.6 Å². The molecule has 1 aliphatic heterocycles. The van der Waals surface area contributed by atoms with Gasteiger partial charge in [-0.15, -0.1) is 10.2 Å². The Labute approximate surface area is 197 Å². The Morgan fingerprint density at radius 2 is 2.03 bits per heavy atom. The van der Waals surface area contributed by atoms with Crippen LogP contribution < -0.4 is 4.90 Å². The zero-order valence-corrected chi connectivity index (χ0v) is 19.7. The normalized spacial score (nSPS) is 16.4. The summed E-state index contributed by atoms with van der Waals surface area (Å²) >= 11 is 1.56. The molecule has 0 N–H and O–H groups in total. The predicted octanol–water partition coefficient (Wildman–Crippen LogP) is 5.44. The van der Waals surface area contributed by atoms with Gasteiger partial charge in [0.2, 0.25) is 5.16 Å². The zero-order valence-electron chi connectivity index (χ0n) is 18.9. The number of aromatic nitrogens is 3. The number of nitrogens with zero attached hydrogens (tertiary/aromatic N) is 6. The van der Waals surface area contributed by atoms with Crippen LogP contribution in [0.3, 0.4) is 0 Å². The quantitative estimate of drug-likeness (QED) is 0.191. The van der Waals surface area contributed by atoms with Gasteiger partial charge in [-0.2, -0.15) is 9.78 Å². The molecular weight excluding hydrogens is 436 g/mol. The van der Waals surface area contributed by atoms with Gasteiger partial charge in [0.1, 0.15) is 0 Å². The number of thioether (sulfide) groups is 1. The van der Waals surface area contributed by atoms with E-state index >= 15 is 0 Å². The lowest BCUT2D eigenvalue weighted by Gasteiger charge is -2.38. The number of hydrogen-bond donors (Lipinski definition) is 0. The largest absolute Gasteiger partial charge is 0.368 e. The van der Waals surface area contributed by atoms with Crippen LogP contribution in [0.25, 0.3) is 0 Å². The van der Waals surface area contributed by atoms with Crippen LogP contribution in [-0.2, 0) is 5.75 Å². The maximum Gasteiger partial charge on any atom is 0.270 e. The SMILES string of the molecule is CC[C@H]1CCCCN1c1ccc([N+](=O)[O-])cc1/C=N\n1c(C)nnc1SCc1ccccc1. The number of piperidine rings is 1. The minimum atomic E-state index is -0.361. The third-order valence-electron chi connectivity index (χ3n) is 5.92. The third kappa shape index (κ3) is 5.42. The van der Waals surface area contributed by atoms with Gasteiger partial charge < -0.3 is 4.90 Å². The van der Waals surface area contributed by atoms with Crippen molar-refractivity contribution in [2.24, 2.45) is 5.10 Å². The average molecular weight is 465 g/mol. The second-order valence-electron chi connectivity index (χ2n) is 8.11. The molecule has 0 aliphatic carbocycles. The van der Waals surface area contributed by atoms with Crippen LogP contribution in [0.4, 0.5) is 11.4 Å². The molecule has 33 heavy (non-hydrogen) atoms. The third-order valence-corrected chi connectivity index (χ3v) is 6.91. The molecular formula is C24H28N6O2S. The number of hydrogen-bond acceptors (Lipinski definition) is 7. The van der Waals surface area contributed by atoms with Crippen molar-refractivity contribution in [2.45, 2.75) is 56.5 Å². The van der Waals surface area contributed by atoms with Gasteiger partial charge in [0, 0.05) is 41.7 Å². The summed E-state index contributed by atoms with van der Waals surface area (Å²) in [6.07, 6.45) is 6.21. The first kappa shape index (κ1) is 23.0. The van der Waals surface area contributed by atoms with Crippen molar-refractivity contribution in [3.05, 3.63) is 75.6 Å². The molecule has 172 valence electrons. The van der Waals surface area contributed by atoms with Gasteiger partial charge in [0.25, 0.3) is 5.69 Å². The summed E-state index contributed by atoms with van der Waals surface area (Å²) in [5.41, 5.74) is 2.97. The van der Waals surface area contributed by atoms with Crippen molar-refractivity contribution in [1.82, 2.24) is 14.9 Å². The molecule has 0 radical (unpaired) electrons. The second-order valence-corrected chi connectivity index (χ2v) is 9.05. The monoisotopic (exact) mass is 464 g/mol. The van der Waals surface area contributed by atoms with Gasteiger partial charge in [0.15, 0.2) is 5.82 Å². The Bertz CT molecular complexity index is 1130. The van der Waals surface area contributed by atoms with Gasteiger partial charge in [0.05, 0.1) is 11.1 Å². The highest BCUT2D eigenvalue weighted by molar-refractivity contribution is 7.98. The lowest BCUT2D eigenvalue weighted by Crippen LogP contribution is -2.39. The first-order valence-electron chi connectivity index (χ1n) is 11.2. The Balaban J connectivity index is 1.64. The van der Waals surface area contributed by atoms with Crippen molar-refractivity contribution in [2.75, 3.05) is 11.4 Å². The number of nitro groups is 1. The minimum Gasteiger partial charge on any atom is -0.368 e. The summed E-state index contributed by atoms with van der Waals surface area (Å²) in [4.78, 5) is 13.5. The summed E-state index contributed by atoms with van der Waals surface area (Å²) in [7, 11) is 0. The molecule has 0 bridgehead atoms. The number of benzene rings is 2. The number of rotatable bonds is 8. The molecule has 8 nitrogen and oxygen atoms in total. The molecule has 0 saturated carbocycles. The van der Waals surface area contributed by atoms with Crippen molar-refractivity contribution < 1.29 is 4.92 Å². The average Bonchev–Trinajstić information content (AvgIpc) is 3.20. The van der Waals surface area contributed by atoms with E-state index < -0.39 is 0 Å². The molecule has 1 saturated heterocycles. The standard InChI is InChI=1S/C24H28N6O2S/c1-3-21-11-7-8-14-28(21)23-13-12-22(30(31)32)15-20(23)16-25-29-18(2)26-27-24(29)33-17-19-9-5-4-6-10-19/h4-6,9-10,12-13,15-16,21H,3,7-8,11,14,17H2,1-2H3/b25-16-/t21-/m0/s1. The minimum absolute atomic E-state index is 0.0596. The van der Waals surface area contributed by atoms with Gasteiger partial charge in [-0.3, -0.25) is 10.1 Å². The first-order chi connectivity index (χ1) is 16.1. The van der Waals surface area contributed by atoms with Gasteiger partial charge in [-0.1, -0.05) is 49.0 Å². The topological polar surface area (TPSA) is 89.5 Å². The van der Waals surface area contributed by atoms with E-state index in [0.29, 0.717) is 17.0 Å². The van der Waals surface area contributed by atoms with Crippen LogP contribution in [0.15, 0.2) is 58.8 Å². The number of nitro benzene ring substituents is 1. The molecule has 1 atom stereocenters. The van der Waals surface area contributed by atoms with E-state index in [0.717, 1.165) is 42.8 Å². The lowest BCUT2D eigenvalue weighted by atomic mass is 9.98. The first-order valence-corrected chi connectivity index (χ1v) is 12.2. The van der Waals surface area contributed by atoms with Gasteiger partial charge in [-0.05, 0) is 44.2 Å². The van der Waals surface area contributed by atoms with E-state index in [1.807, 2.05) is 31.2 Å². The van der Waals surface area contributed by atoms with Crippen molar-refractivity contribution in [3.63, 3.8) is 0 Å². The van der Waals surface area contributed by atoms with Crippen molar-refractivity contribution >= 4 is 29.4 Å². The Morgan fingerprint density at radius 1 is 1.21 bits per heavy atom. The Kier molecular flexibility index (Phi) is 7.39. The zero-order chi connectivity index (χ0) is 23.2. The molecule has 1 aliphatic rings. The van der Waals surface area contributed by atoms with Crippen molar-refractivity contribution in [3.8, 4) is 0 Å². The highest BCUT2D eigenvalue weighted by Crippen LogP contribution is 2.31. The summed E-state index contributed by atoms with van der Waals surface area (Å²) in [6.45, 7) is 4.99. The molecule has 4 rings (SSSR count). The highest BCUT2D eigenvalue weighted by atomic mass is 32.2. The van der Waals surface area contributed by atoms with Crippen molar-refractivity contribution in [1.29, 1.82) is 0 Å². The van der Waals surface area contributed by atoms with Crippen LogP contribution in [0.5, 0.6) is 0 Å². The summed E-state index contributed by atoms with van der Waals surface area (Å²) in [5.74, 6) is 1.42. The molecule has 0 unspecified atom stereocenters. The Hall–Kier alpha value is -3.20. The van der Waals surface area contributed by atoms with E-state index in [2.05, 4.69) is 39.3 Å². The smallest absolute Gasteiger partial charge is 0.270 e. The van der Waals surface area contributed by atoms with Crippen LogP contribution in [0, 0.1) is 17.0 Å². The van der Waals surface area contributed by atoms with Crippen LogP contribution in [0.1, 0.15) is 49.6 Å². The summed E-state index contributed by atoms with van der Waals surface area (Å²) in [6, 6.07) is 15.6. The maximum absolute atomic E-state index is 11.4. The number of aryl methyl sites for hydroxylation is 1. The molecule has 2 aromatic carbocycles. The Morgan fingerprint density at radius 3 is 2.79 bits per heavy atom. The molecule has 2 heterocycles. The van der Waals surface area contributed by atoms with Gasteiger partial charge >= 0.3 is 0 Å².